The molecule has 90 valence electrons. The molecule has 0 fully saturated rings. The van der Waals surface area contributed by atoms with E-state index >= 15 is 0 Å². The Morgan fingerprint density at radius 2 is 2.19 bits per heavy atom. The molecular formula is C11H17NO4. The van der Waals surface area contributed by atoms with Gasteiger partial charge in [-0.05, 0) is 18.1 Å². The van der Waals surface area contributed by atoms with Gasteiger partial charge in [0.25, 0.3) is 0 Å². The minimum Gasteiger partial charge on any atom is -0.475 e. The van der Waals surface area contributed by atoms with E-state index in [1.165, 1.54) is 6.07 Å². The van der Waals surface area contributed by atoms with Crippen LogP contribution in [0.2, 0.25) is 0 Å². The van der Waals surface area contributed by atoms with Crippen LogP contribution < -0.4 is 5.32 Å². The molecule has 0 aliphatic carbocycles. The van der Waals surface area contributed by atoms with Crippen molar-refractivity contribution in [1.29, 1.82) is 0 Å². The first-order chi connectivity index (χ1) is 7.54. The van der Waals surface area contributed by atoms with E-state index in [1.54, 1.807) is 6.07 Å². The average Bonchev–Trinajstić information content (AvgIpc) is 2.67. The minimum atomic E-state index is -1.08. The summed E-state index contributed by atoms with van der Waals surface area (Å²) >= 11 is 0. The quantitative estimate of drug-likeness (QED) is 0.677. The van der Waals surface area contributed by atoms with Crippen molar-refractivity contribution in [2.24, 2.45) is 5.92 Å². The molecule has 0 aromatic carbocycles. The van der Waals surface area contributed by atoms with E-state index in [-0.39, 0.29) is 18.4 Å². The van der Waals surface area contributed by atoms with Crippen LogP contribution >= 0.6 is 0 Å². The number of carboxylic acid groups (broad SMARTS) is 1. The number of aromatic carboxylic acids is 1. The van der Waals surface area contributed by atoms with E-state index in [2.05, 4.69) is 5.32 Å². The molecule has 0 spiro atoms. The summed E-state index contributed by atoms with van der Waals surface area (Å²) in [6.07, 6.45) is 0. The molecule has 1 aromatic heterocycles. The van der Waals surface area contributed by atoms with Gasteiger partial charge in [0.15, 0.2) is 0 Å². The Morgan fingerprint density at radius 1 is 1.50 bits per heavy atom. The first-order valence-electron chi connectivity index (χ1n) is 5.20. The summed E-state index contributed by atoms with van der Waals surface area (Å²) in [6.45, 7) is 4.46. The van der Waals surface area contributed by atoms with Crippen molar-refractivity contribution in [3.05, 3.63) is 23.7 Å². The van der Waals surface area contributed by atoms with Crippen molar-refractivity contribution in [3.63, 3.8) is 0 Å². The predicted octanol–water partition coefficient (Wildman–Crippen LogP) is 1.08. The molecule has 1 aromatic rings. The lowest BCUT2D eigenvalue weighted by Crippen LogP contribution is -2.36. The van der Waals surface area contributed by atoms with E-state index in [0.717, 1.165) is 0 Å². The fourth-order valence-corrected chi connectivity index (χ4v) is 1.33. The van der Waals surface area contributed by atoms with Crippen LogP contribution in [0.4, 0.5) is 0 Å². The number of carboxylic acids is 1. The Hall–Kier alpha value is -1.33. The Kier molecular flexibility index (Phi) is 4.52. The maximum Gasteiger partial charge on any atom is 0.371 e. The van der Waals surface area contributed by atoms with E-state index < -0.39 is 5.97 Å². The maximum absolute atomic E-state index is 10.6. The van der Waals surface area contributed by atoms with Gasteiger partial charge in [0.1, 0.15) is 5.76 Å². The van der Waals surface area contributed by atoms with Gasteiger partial charge in [0.2, 0.25) is 5.76 Å². The normalized spacial score (nSPS) is 13.0. The second kappa shape index (κ2) is 5.67. The molecule has 5 nitrogen and oxygen atoms in total. The van der Waals surface area contributed by atoms with Crippen molar-refractivity contribution in [1.82, 2.24) is 5.32 Å². The summed E-state index contributed by atoms with van der Waals surface area (Å²) < 4.78 is 5.08. The molecular weight excluding hydrogens is 210 g/mol. The van der Waals surface area contributed by atoms with Gasteiger partial charge in [-0.15, -0.1) is 0 Å². The van der Waals surface area contributed by atoms with Gasteiger partial charge < -0.3 is 19.9 Å². The monoisotopic (exact) mass is 227 g/mol. The summed E-state index contributed by atoms with van der Waals surface area (Å²) in [5.74, 6) is -0.286. The van der Waals surface area contributed by atoms with Gasteiger partial charge in [0, 0.05) is 6.04 Å². The molecule has 0 radical (unpaired) electrons. The van der Waals surface area contributed by atoms with Crippen molar-refractivity contribution in [3.8, 4) is 0 Å². The topological polar surface area (TPSA) is 82.7 Å². The molecule has 0 bridgehead atoms. The molecule has 0 saturated carbocycles. The van der Waals surface area contributed by atoms with Crippen LogP contribution in [0.1, 0.15) is 30.2 Å². The molecule has 0 amide bonds. The van der Waals surface area contributed by atoms with Crippen molar-refractivity contribution in [2.45, 2.75) is 26.4 Å². The number of hydrogen-bond donors (Lipinski definition) is 3. The third kappa shape index (κ3) is 3.36. The number of nitrogens with one attached hydrogen (secondary N) is 1. The molecule has 0 aliphatic rings. The first-order valence-corrected chi connectivity index (χ1v) is 5.20. The van der Waals surface area contributed by atoms with Gasteiger partial charge in [-0.25, -0.2) is 4.79 Å². The number of aliphatic hydroxyl groups is 1. The van der Waals surface area contributed by atoms with Crippen LogP contribution in [-0.4, -0.2) is 28.8 Å². The zero-order chi connectivity index (χ0) is 12.1. The van der Waals surface area contributed by atoms with Gasteiger partial charge in [-0.1, -0.05) is 13.8 Å². The van der Waals surface area contributed by atoms with Gasteiger partial charge in [0.05, 0.1) is 13.2 Å². The van der Waals surface area contributed by atoms with Crippen molar-refractivity contribution < 1.29 is 19.4 Å². The average molecular weight is 227 g/mol. The summed E-state index contributed by atoms with van der Waals surface area (Å²) in [5, 5.41) is 20.8. The number of carbonyl (C=O) groups is 1. The highest BCUT2D eigenvalue weighted by molar-refractivity contribution is 5.84. The Morgan fingerprint density at radius 3 is 2.62 bits per heavy atom. The van der Waals surface area contributed by atoms with Crippen molar-refractivity contribution in [2.75, 3.05) is 6.61 Å². The van der Waals surface area contributed by atoms with Crippen LogP contribution in [0.25, 0.3) is 0 Å². The van der Waals surface area contributed by atoms with Gasteiger partial charge >= 0.3 is 5.97 Å². The van der Waals surface area contributed by atoms with E-state index in [1.807, 2.05) is 13.8 Å². The lowest BCUT2D eigenvalue weighted by atomic mass is 10.1. The van der Waals surface area contributed by atoms with E-state index in [0.29, 0.717) is 18.2 Å². The lowest BCUT2D eigenvalue weighted by molar-refractivity contribution is 0.0659. The molecule has 3 N–H and O–H groups in total. The molecule has 0 unspecified atom stereocenters. The largest absolute Gasteiger partial charge is 0.475 e. The fourth-order valence-electron chi connectivity index (χ4n) is 1.33. The highest BCUT2D eigenvalue weighted by atomic mass is 16.4. The zero-order valence-electron chi connectivity index (χ0n) is 9.43. The van der Waals surface area contributed by atoms with Crippen molar-refractivity contribution >= 4 is 5.97 Å². The second-order valence-electron chi connectivity index (χ2n) is 3.99. The molecule has 1 atom stereocenters. The van der Waals surface area contributed by atoms with Crippen LogP contribution in [0.5, 0.6) is 0 Å². The lowest BCUT2D eigenvalue weighted by Gasteiger charge is -2.18. The first kappa shape index (κ1) is 12.7. The highest BCUT2D eigenvalue weighted by Crippen LogP contribution is 2.09. The molecule has 5 heteroatoms. The fraction of sp³-hybridized carbons (Fsp3) is 0.545. The number of aliphatic hydroxyl groups excluding tert-OH is 1. The standard InChI is InChI=1S/C11H17NO4/c1-7(2)9(6-13)12-5-8-3-4-10(16-8)11(14)15/h3-4,7,9,12-13H,5-6H2,1-2H3,(H,14,15)/t9-/m1/s1. The number of rotatable bonds is 6. The smallest absolute Gasteiger partial charge is 0.371 e. The molecule has 0 saturated heterocycles. The van der Waals surface area contributed by atoms with Crippen LogP contribution in [0, 0.1) is 5.92 Å². The van der Waals surface area contributed by atoms with Crippen LogP contribution in [0.15, 0.2) is 16.5 Å². The number of hydrogen-bond acceptors (Lipinski definition) is 4. The Bertz CT molecular complexity index is 346. The van der Waals surface area contributed by atoms with E-state index in [4.69, 9.17) is 14.6 Å². The van der Waals surface area contributed by atoms with Crippen LogP contribution in [0.3, 0.4) is 0 Å². The minimum absolute atomic E-state index is 0.0154. The maximum atomic E-state index is 10.6. The zero-order valence-corrected chi connectivity index (χ0v) is 9.43. The molecule has 0 aliphatic heterocycles. The SMILES string of the molecule is CC(C)[C@@H](CO)NCc1ccc(C(=O)O)o1. The third-order valence-electron chi connectivity index (χ3n) is 2.41. The third-order valence-corrected chi connectivity index (χ3v) is 2.41. The van der Waals surface area contributed by atoms with Gasteiger partial charge in [-0.2, -0.15) is 0 Å². The summed E-state index contributed by atoms with van der Waals surface area (Å²) in [6, 6.07) is 3.02. The Labute approximate surface area is 94.1 Å². The second-order valence-corrected chi connectivity index (χ2v) is 3.99. The summed E-state index contributed by atoms with van der Waals surface area (Å²) in [7, 11) is 0. The highest BCUT2D eigenvalue weighted by Gasteiger charge is 2.13. The number of furan rings is 1. The molecule has 16 heavy (non-hydrogen) atoms. The molecule has 1 heterocycles. The predicted molar refractivity (Wildman–Crippen MR) is 58.2 cm³/mol. The summed E-state index contributed by atoms with van der Waals surface area (Å²) in [5.41, 5.74) is 0. The summed E-state index contributed by atoms with van der Waals surface area (Å²) in [4.78, 5) is 10.6. The Balaban J connectivity index is 2.50. The van der Waals surface area contributed by atoms with Crippen LogP contribution in [-0.2, 0) is 6.54 Å². The molecule has 1 rings (SSSR count). The van der Waals surface area contributed by atoms with E-state index in [9.17, 15) is 4.79 Å². The van der Waals surface area contributed by atoms with Gasteiger partial charge in [-0.3, -0.25) is 0 Å².